The summed E-state index contributed by atoms with van der Waals surface area (Å²) in [4.78, 5) is 10.3. The van der Waals surface area contributed by atoms with Crippen LogP contribution in [0.3, 0.4) is 0 Å². The van der Waals surface area contributed by atoms with Gasteiger partial charge in [0, 0.05) is 6.42 Å². The normalized spacial score (nSPS) is 10.9. The standard InChI is InChI=1S/C16H28O2/c1-2-3-4-5-6-7-8-9-10-11-12-13-14-15-16(17)18/h2,7-8H,1,3-6,9-15H2,(H,17,18)/b8-7-. The number of unbranched alkanes of at least 4 members (excludes halogenated alkanes) is 8. The van der Waals surface area contributed by atoms with Crippen molar-refractivity contribution in [2.24, 2.45) is 0 Å². The van der Waals surface area contributed by atoms with E-state index in [0.717, 1.165) is 19.3 Å². The number of carbonyl (C=O) groups is 1. The molecule has 0 aliphatic heterocycles. The molecule has 0 amide bonds. The van der Waals surface area contributed by atoms with E-state index in [2.05, 4.69) is 18.7 Å². The Morgan fingerprint density at radius 2 is 1.33 bits per heavy atom. The molecular weight excluding hydrogens is 224 g/mol. The van der Waals surface area contributed by atoms with Gasteiger partial charge in [-0.15, -0.1) is 6.58 Å². The zero-order valence-corrected chi connectivity index (χ0v) is 11.6. The molecule has 0 radical (unpaired) electrons. The lowest BCUT2D eigenvalue weighted by Crippen LogP contribution is -1.93. The molecule has 0 rings (SSSR count). The first-order valence-corrected chi connectivity index (χ1v) is 7.25. The Kier molecular flexibility index (Phi) is 13.2. The van der Waals surface area contributed by atoms with E-state index in [4.69, 9.17) is 5.11 Å². The first kappa shape index (κ1) is 16.9. The van der Waals surface area contributed by atoms with Gasteiger partial charge in [0.05, 0.1) is 0 Å². The van der Waals surface area contributed by atoms with Crippen LogP contribution in [0, 0.1) is 0 Å². The number of carboxylic acid groups (broad SMARTS) is 1. The van der Waals surface area contributed by atoms with Gasteiger partial charge in [-0.2, -0.15) is 0 Å². The Balaban J connectivity index is 3.08. The van der Waals surface area contributed by atoms with Crippen LogP contribution in [-0.4, -0.2) is 11.1 Å². The molecule has 1 N–H and O–H groups in total. The molecule has 0 spiro atoms. The highest BCUT2D eigenvalue weighted by molar-refractivity contribution is 5.66. The van der Waals surface area contributed by atoms with Crippen LogP contribution in [0.15, 0.2) is 24.8 Å². The maximum atomic E-state index is 10.3. The van der Waals surface area contributed by atoms with Crippen LogP contribution in [-0.2, 0) is 4.79 Å². The minimum absolute atomic E-state index is 0.324. The smallest absolute Gasteiger partial charge is 0.303 e. The van der Waals surface area contributed by atoms with Crippen LogP contribution in [0.5, 0.6) is 0 Å². The molecule has 18 heavy (non-hydrogen) atoms. The fourth-order valence-corrected chi connectivity index (χ4v) is 1.86. The summed E-state index contributed by atoms with van der Waals surface area (Å²) in [5.41, 5.74) is 0. The second-order valence-electron chi connectivity index (χ2n) is 4.74. The molecule has 0 aliphatic rings. The maximum absolute atomic E-state index is 10.3. The predicted octanol–water partition coefficient (Wildman–Crippen LogP) is 5.10. The molecule has 0 aromatic carbocycles. The van der Waals surface area contributed by atoms with Crippen LogP contribution >= 0.6 is 0 Å². The van der Waals surface area contributed by atoms with Crippen molar-refractivity contribution in [3.05, 3.63) is 24.8 Å². The van der Waals surface area contributed by atoms with Gasteiger partial charge in [-0.1, -0.05) is 37.5 Å². The fourth-order valence-electron chi connectivity index (χ4n) is 1.86. The number of hydrogen-bond acceptors (Lipinski definition) is 1. The van der Waals surface area contributed by atoms with E-state index < -0.39 is 5.97 Å². The van der Waals surface area contributed by atoms with E-state index in [9.17, 15) is 4.79 Å². The Morgan fingerprint density at radius 3 is 1.94 bits per heavy atom. The highest BCUT2D eigenvalue weighted by Gasteiger charge is 1.95. The van der Waals surface area contributed by atoms with Gasteiger partial charge < -0.3 is 5.11 Å². The largest absolute Gasteiger partial charge is 0.481 e. The summed E-state index contributed by atoms with van der Waals surface area (Å²) in [7, 11) is 0. The molecule has 0 saturated carbocycles. The lowest BCUT2D eigenvalue weighted by atomic mass is 10.1. The second kappa shape index (κ2) is 14.0. The molecule has 0 bridgehead atoms. The first-order valence-electron chi connectivity index (χ1n) is 7.25. The number of aliphatic carboxylic acids is 1. The summed E-state index contributed by atoms with van der Waals surface area (Å²) in [6, 6.07) is 0. The summed E-state index contributed by atoms with van der Waals surface area (Å²) in [6.07, 6.45) is 18.4. The summed E-state index contributed by atoms with van der Waals surface area (Å²) in [6.45, 7) is 3.71. The molecular formula is C16H28O2. The zero-order valence-electron chi connectivity index (χ0n) is 11.6. The molecule has 0 aromatic rings. The van der Waals surface area contributed by atoms with Gasteiger partial charge in [0.2, 0.25) is 0 Å². The van der Waals surface area contributed by atoms with E-state index in [1.54, 1.807) is 0 Å². The molecule has 0 unspecified atom stereocenters. The van der Waals surface area contributed by atoms with Crippen molar-refractivity contribution in [1.82, 2.24) is 0 Å². The third kappa shape index (κ3) is 14.9. The predicted molar refractivity (Wildman–Crippen MR) is 77.8 cm³/mol. The highest BCUT2D eigenvalue weighted by atomic mass is 16.4. The molecule has 2 nitrogen and oxygen atoms in total. The van der Waals surface area contributed by atoms with E-state index in [1.807, 2.05) is 6.08 Å². The third-order valence-electron chi connectivity index (χ3n) is 2.96. The third-order valence-corrected chi connectivity index (χ3v) is 2.96. The van der Waals surface area contributed by atoms with Crippen LogP contribution in [0.2, 0.25) is 0 Å². The molecule has 0 heterocycles. The van der Waals surface area contributed by atoms with E-state index >= 15 is 0 Å². The lowest BCUT2D eigenvalue weighted by molar-refractivity contribution is -0.137. The van der Waals surface area contributed by atoms with Crippen molar-refractivity contribution in [2.75, 3.05) is 0 Å². The van der Waals surface area contributed by atoms with Crippen molar-refractivity contribution in [2.45, 2.75) is 70.6 Å². The minimum Gasteiger partial charge on any atom is -0.481 e. The Morgan fingerprint density at radius 1 is 0.833 bits per heavy atom. The van der Waals surface area contributed by atoms with E-state index in [0.29, 0.717) is 6.42 Å². The van der Waals surface area contributed by atoms with Gasteiger partial charge in [0.1, 0.15) is 0 Å². The van der Waals surface area contributed by atoms with Gasteiger partial charge in [-0.3, -0.25) is 4.79 Å². The maximum Gasteiger partial charge on any atom is 0.303 e. The Labute approximate surface area is 112 Å². The molecule has 0 saturated heterocycles. The summed E-state index contributed by atoms with van der Waals surface area (Å²) in [5, 5.41) is 8.48. The number of carboxylic acids is 1. The van der Waals surface area contributed by atoms with Crippen molar-refractivity contribution in [3.63, 3.8) is 0 Å². The lowest BCUT2D eigenvalue weighted by Gasteiger charge is -1.98. The van der Waals surface area contributed by atoms with Crippen LogP contribution in [0.4, 0.5) is 0 Å². The number of allylic oxidation sites excluding steroid dienone is 3. The van der Waals surface area contributed by atoms with Gasteiger partial charge in [0.15, 0.2) is 0 Å². The van der Waals surface area contributed by atoms with Crippen molar-refractivity contribution in [3.8, 4) is 0 Å². The second-order valence-corrected chi connectivity index (χ2v) is 4.74. The molecule has 0 aromatic heterocycles. The van der Waals surface area contributed by atoms with Gasteiger partial charge in [0.25, 0.3) is 0 Å². The van der Waals surface area contributed by atoms with Crippen molar-refractivity contribution in [1.29, 1.82) is 0 Å². The van der Waals surface area contributed by atoms with Crippen molar-refractivity contribution >= 4 is 5.97 Å². The average molecular weight is 252 g/mol. The topological polar surface area (TPSA) is 37.3 Å². The van der Waals surface area contributed by atoms with Crippen LogP contribution in [0.1, 0.15) is 70.6 Å². The molecule has 2 heteroatoms. The van der Waals surface area contributed by atoms with Gasteiger partial charge in [-0.05, 0) is 44.9 Å². The average Bonchev–Trinajstić information content (AvgIpc) is 2.34. The van der Waals surface area contributed by atoms with Crippen LogP contribution < -0.4 is 0 Å². The molecule has 0 aliphatic carbocycles. The molecule has 0 fully saturated rings. The van der Waals surface area contributed by atoms with Gasteiger partial charge in [-0.25, -0.2) is 0 Å². The Hall–Kier alpha value is -1.05. The van der Waals surface area contributed by atoms with Gasteiger partial charge >= 0.3 is 5.97 Å². The monoisotopic (exact) mass is 252 g/mol. The molecule has 0 atom stereocenters. The Bertz CT molecular complexity index is 231. The summed E-state index contributed by atoms with van der Waals surface area (Å²) in [5.74, 6) is -0.672. The fraction of sp³-hybridized carbons (Fsp3) is 0.688. The number of hydrogen-bond donors (Lipinski definition) is 1. The summed E-state index contributed by atoms with van der Waals surface area (Å²) >= 11 is 0. The number of rotatable bonds is 13. The van der Waals surface area contributed by atoms with Crippen LogP contribution in [0.25, 0.3) is 0 Å². The van der Waals surface area contributed by atoms with E-state index in [-0.39, 0.29) is 0 Å². The zero-order chi connectivity index (χ0) is 13.5. The minimum atomic E-state index is -0.672. The van der Waals surface area contributed by atoms with Crippen molar-refractivity contribution < 1.29 is 9.90 Å². The highest BCUT2D eigenvalue weighted by Crippen LogP contribution is 2.08. The molecule has 104 valence electrons. The summed E-state index contributed by atoms with van der Waals surface area (Å²) < 4.78 is 0. The first-order chi connectivity index (χ1) is 8.77. The SMILES string of the molecule is C=CCCCC/C=C\CCCCCCCC(=O)O. The van der Waals surface area contributed by atoms with E-state index in [1.165, 1.54) is 44.9 Å². The quantitative estimate of drug-likeness (QED) is 0.365.